The molecule has 1 aromatic carbocycles. The van der Waals surface area contributed by atoms with Gasteiger partial charge in [-0.05, 0) is 6.07 Å². The third-order valence-corrected chi connectivity index (χ3v) is 2.39. The van der Waals surface area contributed by atoms with E-state index in [0.29, 0.717) is 10.9 Å². The van der Waals surface area contributed by atoms with E-state index in [9.17, 15) is 18.0 Å². The maximum atomic E-state index is 12.0. The largest absolute Gasteiger partial charge is 0.524 e. The number of rotatable bonds is 3. The highest BCUT2D eigenvalue weighted by molar-refractivity contribution is 6.03. The van der Waals surface area contributed by atoms with Crippen LogP contribution in [0.25, 0.3) is 10.9 Å². The van der Waals surface area contributed by atoms with Crippen LogP contribution in [0.15, 0.2) is 30.5 Å². The zero-order valence-electron chi connectivity index (χ0n) is 8.94. The predicted octanol–water partition coefficient (Wildman–Crippen LogP) is 2.83. The van der Waals surface area contributed by atoms with E-state index in [2.05, 4.69) is 4.74 Å². The van der Waals surface area contributed by atoms with Crippen molar-refractivity contribution in [2.75, 3.05) is 0 Å². The van der Waals surface area contributed by atoms with Crippen LogP contribution < -0.4 is 0 Å². The average molecular weight is 259 g/mol. The lowest BCUT2D eigenvalue weighted by Crippen LogP contribution is -2.15. The quantitative estimate of drug-likeness (QED) is 0.922. The van der Waals surface area contributed by atoms with E-state index in [1.165, 1.54) is 12.1 Å². The fraction of sp³-hybridized carbons (Fsp3) is 0.182. The topological polar surface area (TPSA) is 51.5 Å². The second kappa shape index (κ2) is 4.34. The van der Waals surface area contributed by atoms with Gasteiger partial charge in [0.1, 0.15) is 6.73 Å². The minimum absolute atomic E-state index is 0.0589. The van der Waals surface area contributed by atoms with Gasteiger partial charge in [-0.15, -0.1) is 13.2 Å². The van der Waals surface area contributed by atoms with Gasteiger partial charge in [0.15, 0.2) is 0 Å². The summed E-state index contributed by atoms with van der Waals surface area (Å²) in [7, 11) is 0. The Labute approximate surface area is 99.2 Å². The number of fused-ring (bicyclic) bond motifs is 1. The summed E-state index contributed by atoms with van der Waals surface area (Å²) in [6.07, 6.45) is -3.63. The molecular weight excluding hydrogens is 251 g/mol. The van der Waals surface area contributed by atoms with Crippen molar-refractivity contribution in [3.05, 3.63) is 36.0 Å². The van der Waals surface area contributed by atoms with E-state index < -0.39 is 19.1 Å². The molecule has 0 fully saturated rings. The van der Waals surface area contributed by atoms with Crippen LogP contribution in [0, 0.1) is 0 Å². The van der Waals surface area contributed by atoms with Gasteiger partial charge in [-0.1, -0.05) is 18.2 Å². The molecule has 1 N–H and O–H groups in total. The van der Waals surface area contributed by atoms with E-state index in [4.69, 9.17) is 5.11 Å². The number of nitrogens with zero attached hydrogens (tertiary/aromatic N) is 1. The maximum absolute atomic E-state index is 12.0. The molecule has 0 radical (unpaired) electrons. The van der Waals surface area contributed by atoms with Crippen molar-refractivity contribution in [2.24, 2.45) is 0 Å². The number of alkyl halides is 3. The molecule has 0 saturated heterocycles. The van der Waals surface area contributed by atoms with Gasteiger partial charge >= 0.3 is 12.3 Å². The molecule has 4 nitrogen and oxygen atoms in total. The second-order valence-electron chi connectivity index (χ2n) is 3.55. The van der Waals surface area contributed by atoms with Gasteiger partial charge in [0, 0.05) is 11.6 Å². The molecule has 96 valence electrons. The molecule has 2 rings (SSSR count). The van der Waals surface area contributed by atoms with E-state index in [1.54, 1.807) is 12.1 Å². The van der Waals surface area contributed by atoms with Crippen molar-refractivity contribution in [1.82, 2.24) is 4.57 Å². The lowest BCUT2D eigenvalue weighted by molar-refractivity contribution is -0.337. The Kier molecular flexibility index (Phi) is 3.00. The van der Waals surface area contributed by atoms with Crippen LogP contribution >= 0.6 is 0 Å². The Morgan fingerprint density at radius 3 is 2.61 bits per heavy atom. The Morgan fingerprint density at radius 2 is 2.00 bits per heavy atom. The summed E-state index contributed by atoms with van der Waals surface area (Å²) in [6, 6.07) is 6.28. The van der Waals surface area contributed by atoms with Crippen molar-refractivity contribution in [3.63, 3.8) is 0 Å². The highest BCUT2D eigenvalue weighted by Gasteiger charge is 2.29. The van der Waals surface area contributed by atoms with Gasteiger partial charge in [-0.3, -0.25) is 4.74 Å². The van der Waals surface area contributed by atoms with Crippen molar-refractivity contribution in [3.8, 4) is 0 Å². The molecule has 7 heteroatoms. The monoisotopic (exact) mass is 259 g/mol. The summed E-state index contributed by atoms with van der Waals surface area (Å²) in [6.45, 7) is -0.780. The van der Waals surface area contributed by atoms with E-state index in [0.717, 1.165) is 10.8 Å². The zero-order valence-corrected chi connectivity index (χ0v) is 8.94. The first-order chi connectivity index (χ1) is 8.38. The summed E-state index contributed by atoms with van der Waals surface area (Å²) in [5.41, 5.74) is 0.315. The number of ether oxygens (including phenoxy) is 1. The summed E-state index contributed by atoms with van der Waals surface area (Å²) < 4.78 is 40.7. The number of halogens is 3. The highest BCUT2D eigenvalue weighted by atomic mass is 19.4. The molecule has 2 aromatic rings. The Morgan fingerprint density at radius 1 is 1.33 bits per heavy atom. The number of carboxylic acid groups (broad SMARTS) is 1. The van der Waals surface area contributed by atoms with Gasteiger partial charge < -0.3 is 9.67 Å². The molecule has 0 unspecified atom stereocenters. The minimum atomic E-state index is -4.76. The van der Waals surface area contributed by atoms with Crippen molar-refractivity contribution >= 4 is 16.9 Å². The van der Waals surface area contributed by atoms with E-state index >= 15 is 0 Å². The summed E-state index contributed by atoms with van der Waals surface area (Å²) in [4.78, 5) is 11.0. The summed E-state index contributed by atoms with van der Waals surface area (Å²) >= 11 is 0. The number of hydrogen-bond acceptors (Lipinski definition) is 2. The minimum Gasteiger partial charge on any atom is -0.478 e. The van der Waals surface area contributed by atoms with Gasteiger partial charge in [-0.2, -0.15) is 0 Å². The number of aromatic carboxylic acids is 1. The number of carboxylic acids is 1. The Hall–Kier alpha value is -2.02. The molecule has 0 atom stereocenters. The van der Waals surface area contributed by atoms with Crippen LogP contribution in [0.4, 0.5) is 13.2 Å². The molecule has 0 saturated carbocycles. The zero-order chi connectivity index (χ0) is 13.3. The van der Waals surface area contributed by atoms with Gasteiger partial charge in [0.05, 0.1) is 11.1 Å². The van der Waals surface area contributed by atoms with Crippen molar-refractivity contribution < 1.29 is 27.8 Å². The summed E-state index contributed by atoms with van der Waals surface area (Å²) in [5.74, 6) is -1.20. The molecule has 0 amide bonds. The van der Waals surface area contributed by atoms with Crippen LogP contribution in [-0.4, -0.2) is 22.0 Å². The number of carbonyl (C=O) groups is 1. The second-order valence-corrected chi connectivity index (χ2v) is 3.55. The van der Waals surface area contributed by atoms with Crippen LogP contribution in [0.5, 0.6) is 0 Å². The van der Waals surface area contributed by atoms with Crippen molar-refractivity contribution in [2.45, 2.75) is 13.1 Å². The lowest BCUT2D eigenvalue weighted by Gasteiger charge is -2.08. The van der Waals surface area contributed by atoms with Crippen LogP contribution in [-0.2, 0) is 11.5 Å². The fourth-order valence-corrected chi connectivity index (χ4v) is 1.67. The van der Waals surface area contributed by atoms with Gasteiger partial charge in [-0.25, -0.2) is 4.79 Å². The van der Waals surface area contributed by atoms with E-state index in [-0.39, 0.29) is 5.56 Å². The fourth-order valence-electron chi connectivity index (χ4n) is 1.67. The third kappa shape index (κ3) is 2.45. The molecular formula is C11H8F3NO3. The third-order valence-electron chi connectivity index (χ3n) is 2.39. The highest BCUT2D eigenvalue weighted by Crippen LogP contribution is 2.23. The smallest absolute Gasteiger partial charge is 0.478 e. The van der Waals surface area contributed by atoms with Gasteiger partial charge in [0.25, 0.3) is 0 Å². The van der Waals surface area contributed by atoms with E-state index in [1.807, 2.05) is 0 Å². The van der Waals surface area contributed by atoms with Gasteiger partial charge in [0.2, 0.25) is 0 Å². The lowest BCUT2D eigenvalue weighted by atomic mass is 10.2. The van der Waals surface area contributed by atoms with Crippen LogP contribution in [0.2, 0.25) is 0 Å². The first-order valence-corrected chi connectivity index (χ1v) is 4.90. The SMILES string of the molecule is O=C(O)c1cn(COC(F)(F)F)c2ccccc12. The van der Waals surface area contributed by atoms with Crippen LogP contribution in [0.1, 0.15) is 10.4 Å². The molecule has 1 heterocycles. The Bertz CT molecular complexity index is 589. The van der Waals surface area contributed by atoms with Crippen molar-refractivity contribution in [1.29, 1.82) is 0 Å². The molecule has 0 bridgehead atoms. The molecule has 0 aliphatic heterocycles. The molecule has 0 aliphatic rings. The standard InChI is InChI=1S/C11H8F3NO3/c12-11(13,14)18-6-15-5-8(10(16)17)7-3-1-2-4-9(7)15/h1-5H,6H2,(H,16,17). The number of hydrogen-bond donors (Lipinski definition) is 1. The Balaban J connectivity index is 2.42. The molecule has 0 aliphatic carbocycles. The number of aromatic nitrogens is 1. The molecule has 18 heavy (non-hydrogen) atoms. The van der Waals surface area contributed by atoms with Crippen LogP contribution in [0.3, 0.4) is 0 Å². The number of benzene rings is 1. The number of para-hydroxylation sites is 1. The molecule has 1 aromatic heterocycles. The first-order valence-electron chi connectivity index (χ1n) is 4.90. The molecule has 0 spiro atoms. The maximum Gasteiger partial charge on any atom is 0.524 e. The normalized spacial score (nSPS) is 11.9. The average Bonchev–Trinajstić information content (AvgIpc) is 2.64. The summed E-state index contributed by atoms with van der Waals surface area (Å²) in [5, 5.41) is 9.32. The first kappa shape index (κ1) is 12.4. The predicted molar refractivity (Wildman–Crippen MR) is 56.0 cm³/mol.